The Balaban J connectivity index is 1.95. The smallest absolute Gasteiger partial charge is 0.224 e. The van der Waals surface area contributed by atoms with E-state index in [1.807, 2.05) is 12.1 Å². The van der Waals surface area contributed by atoms with Crippen molar-refractivity contribution in [2.24, 2.45) is 0 Å². The van der Waals surface area contributed by atoms with Crippen LogP contribution in [0.4, 0.5) is 17.1 Å². The Morgan fingerprint density at radius 3 is 2.86 bits per heavy atom. The summed E-state index contributed by atoms with van der Waals surface area (Å²) >= 11 is 0. The fourth-order valence-corrected chi connectivity index (χ4v) is 3.35. The molecule has 0 aromatic heterocycles. The summed E-state index contributed by atoms with van der Waals surface area (Å²) in [6.45, 7) is 7.84. The largest absolute Gasteiger partial charge is 0.397 e. The minimum atomic E-state index is -0.205. The first-order chi connectivity index (χ1) is 9.84. The lowest BCUT2D eigenvalue weighted by Crippen LogP contribution is -2.52. The van der Waals surface area contributed by atoms with E-state index in [-0.39, 0.29) is 17.6 Å². The third-order valence-corrected chi connectivity index (χ3v) is 4.06. The lowest BCUT2D eigenvalue weighted by atomic mass is 9.99. The van der Waals surface area contributed by atoms with Gasteiger partial charge < -0.3 is 20.7 Å². The van der Waals surface area contributed by atoms with E-state index >= 15 is 0 Å². The predicted molar refractivity (Wildman–Crippen MR) is 84.6 cm³/mol. The Morgan fingerprint density at radius 2 is 2.14 bits per heavy atom. The summed E-state index contributed by atoms with van der Waals surface area (Å²) in [5, 5.41) is 2.95. The van der Waals surface area contributed by atoms with Crippen molar-refractivity contribution in [2.45, 2.75) is 45.3 Å². The Labute approximate surface area is 125 Å². The first kappa shape index (κ1) is 14.2. The normalized spacial score (nSPS) is 24.4. The number of rotatable bonds is 1. The minimum Gasteiger partial charge on any atom is -0.397 e. The second-order valence-corrected chi connectivity index (χ2v) is 6.69. The van der Waals surface area contributed by atoms with E-state index in [4.69, 9.17) is 10.5 Å². The van der Waals surface area contributed by atoms with Gasteiger partial charge in [0.1, 0.15) is 0 Å². The fourth-order valence-electron chi connectivity index (χ4n) is 3.35. The fraction of sp³-hybridized carbons (Fsp3) is 0.562. The molecule has 3 rings (SSSR count). The van der Waals surface area contributed by atoms with E-state index in [0.29, 0.717) is 6.42 Å². The predicted octanol–water partition coefficient (Wildman–Crippen LogP) is 2.16. The molecule has 5 nitrogen and oxygen atoms in total. The Bertz CT molecular complexity index is 583. The molecule has 1 amide bonds. The third-order valence-electron chi connectivity index (χ3n) is 4.06. The quantitative estimate of drug-likeness (QED) is 0.777. The van der Waals surface area contributed by atoms with Gasteiger partial charge in [-0.25, -0.2) is 0 Å². The number of benzene rings is 1. The van der Waals surface area contributed by atoms with Crippen molar-refractivity contribution in [1.29, 1.82) is 0 Å². The molecule has 2 heterocycles. The van der Waals surface area contributed by atoms with Crippen LogP contribution in [-0.2, 0) is 16.0 Å². The lowest BCUT2D eigenvalue weighted by molar-refractivity contribution is -0.116. The molecule has 1 aromatic rings. The average Bonchev–Trinajstić information content (AvgIpc) is 2.36. The number of nitrogens with zero attached hydrogens (tertiary/aromatic N) is 1. The lowest BCUT2D eigenvalue weighted by Gasteiger charge is -2.43. The summed E-state index contributed by atoms with van der Waals surface area (Å²) in [5.74, 6) is 0.0777. The molecule has 114 valence electrons. The highest BCUT2D eigenvalue weighted by Gasteiger charge is 2.32. The van der Waals surface area contributed by atoms with Crippen molar-refractivity contribution in [3.8, 4) is 0 Å². The van der Waals surface area contributed by atoms with Crippen molar-refractivity contribution in [1.82, 2.24) is 0 Å². The zero-order valence-corrected chi connectivity index (χ0v) is 12.9. The number of aryl methyl sites for hydroxylation is 1. The number of carbonyl (C=O) groups is 1. The number of morpholine rings is 1. The molecule has 2 aliphatic heterocycles. The standard InChI is InChI=1S/C16H23N3O2/c1-10-8-19(9-16(2,3)21-10)14-7-13-11(6-12(14)17)4-5-15(20)18-13/h6-7,10H,4-5,8-9,17H2,1-3H3,(H,18,20). The number of nitrogen functional groups attached to an aromatic ring is 1. The SMILES string of the molecule is CC1CN(c2cc3c(cc2N)CCC(=O)N3)CC(C)(C)O1. The number of amides is 1. The van der Waals surface area contributed by atoms with E-state index in [0.717, 1.165) is 42.1 Å². The van der Waals surface area contributed by atoms with E-state index in [2.05, 4.69) is 31.0 Å². The molecule has 1 aromatic carbocycles. The van der Waals surface area contributed by atoms with Crippen LogP contribution in [0.25, 0.3) is 0 Å². The number of fused-ring (bicyclic) bond motifs is 1. The number of nitrogens with two attached hydrogens (primary N) is 1. The van der Waals surface area contributed by atoms with Gasteiger partial charge in [0.25, 0.3) is 0 Å². The molecule has 0 aliphatic carbocycles. The highest BCUT2D eigenvalue weighted by Crippen LogP contribution is 2.35. The van der Waals surface area contributed by atoms with Crippen LogP contribution in [0.1, 0.15) is 32.8 Å². The maximum Gasteiger partial charge on any atom is 0.224 e. The van der Waals surface area contributed by atoms with Crippen molar-refractivity contribution in [3.05, 3.63) is 17.7 Å². The Hall–Kier alpha value is -1.75. The zero-order valence-electron chi connectivity index (χ0n) is 12.9. The molecule has 2 aliphatic rings. The van der Waals surface area contributed by atoms with Crippen molar-refractivity contribution in [2.75, 3.05) is 29.0 Å². The van der Waals surface area contributed by atoms with Gasteiger partial charge in [-0.1, -0.05) is 0 Å². The molecule has 21 heavy (non-hydrogen) atoms. The number of hydrogen-bond acceptors (Lipinski definition) is 4. The van der Waals surface area contributed by atoms with E-state index in [1.54, 1.807) is 0 Å². The van der Waals surface area contributed by atoms with Crippen molar-refractivity contribution in [3.63, 3.8) is 0 Å². The van der Waals surface area contributed by atoms with Crippen LogP contribution >= 0.6 is 0 Å². The van der Waals surface area contributed by atoms with E-state index in [1.165, 1.54) is 0 Å². The van der Waals surface area contributed by atoms with Gasteiger partial charge in [0, 0.05) is 25.2 Å². The van der Waals surface area contributed by atoms with Crippen LogP contribution in [-0.4, -0.2) is 30.7 Å². The van der Waals surface area contributed by atoms with Gasteiger partial charge in [-0.15, -0.1) is 0 Å². The van der Waals surface area contributed by atoms with Crippen LogP contribution in [0.2, 0.25) is 0 Å². The van der Waals surface area contributed by atoms with E-state index < -0.39 is 0 Å². The summed E-state index contributed by atoms with van der Waals surface area (Å²) in [6.07, 6.45) is 1.45. The van der Waals surface area contributed by atoms with Gasteiger partial charge in [-0.3, -0.25) is 4.79 Å². The van der Waals surface area contributed by atoms with Crippen LogP contribution in [0, 0.1) is 0 Å². The highest BCUT2D eigenvalue weighted by atomic mass is 16.5. The number of anilines is 3. The van der Waals surface area contributed by atoms with Crippen molar-refractivity contribution < 1.29 is 9.53 Å². The molecule has 1 unspecified atom stereocenters. The molecular formula is C16H23N3O2. The van der Waals surface area contributed by atoms with Gasteiger partial charge in [0.05, 0.1) is 23.1 Å². The summed E-state index contributed by atoms with van der Waals surface area (Å²) in [6, 6.07) is 4.01. The molecular weight excluding hydrogens is 266 g/mol. The minimum absolute atomic E-state index is 0.0777. The maximum atomic E-state index is 11.6. The van der Waals surface area contributed by atoms with E-state index in [9.17, 15) is 4.79 Å². The molecule has 3 N–H and O–H groups in total. The summed E-state index contributed by atoms with van der Waals surface area (Å²) in [7, 11) is 0. The van der Waals surface area contributed by atoms with Crippen LogP contribution < -0.4 is 16.0 Å². The summed E-state index contributed by atoms with van der Waals surface area (Å²) in [5.41, 5.74) is 9.82. The molecule has 1 atom stereocenters. The third kappa shape index (κ3) is 2.83. The average molecular weight is 289 g/mol. The molecule has 5 heteroatoms. The number of nitrogens with one attached hydrogen (secondary N) is 1. The Kier molecular flexibility index (Phi) is 3.32. The first-order valence-corrected chi connectivity index (χ1v) is 7.49. The topological polar surface area (TPSA) is 67.6 Å². The van der Waals surface area contributed by atoms with Gasteiger partial charge in [0.2, 0.25) is 5.91 Å². The Morgan fingerprint density at radius 1 is 1.38 bits per heavy atom. The van der Waals surface area contributed by atoms with Gasteiger partial charge in [-0.05, 0) is 44.9 Å². The summed E-state index contributed by atoms with van der Waals surface area (Å²) in [4.78, 5) is 13.8. The first-order valence-electron chi connectivity index (χ1n) is 7.49. The maximum absolute atomic E-state index is 11.6. The van der Waals surface area contributed by atoms with Gasteiger partial charge >= 0.3 is 0 Å². The molecule has 1 saturated heterocycles. The van der Waals surface area contributed by atoms with Gasteiger partial charge in [0.15, 0.2) is 0 Å². The van der Waals surface area contributed by atoms with Crippen LogP contribution in [0.3, 0.4) is 0 Å². The highest BCUT2D eigenvalue weighted by molar-refractivity contribution is 5.95. The molecule has 0 bridgehead atoms. The van der Waals surface area contributed by atoms with Crippen molar-refractivity contribution >= 4 is 23.0 Å². The second-order valence-electron chi connectivity index (χ2n) is 6.69. The van der Waals surface area contributed by atoms with Crippen LogP contribution in [0.15, 0.2) is 12.1 Å². The van der Waals surface area contributed by atoms with Crippen LogP contribution in [0.5, 0.6) is 0 Å². The second kappa shape index (κ2) is 4.91. The number of hydrogen-bond donors (Lipinski definition) is 2. The van der Waals surface area contributed by atoms with Gasteiger partial charge in [-0.2, -0.15) is 0 Å². The molecule has 1 fully saturated rings. The molecule has 0 spiro atoms. The number of ether oxygens (including phenoxy) is 1. The zero-order chi connectivity index (χ0) is 15.2. The summed E-state index contributed by atoms with van der Waals surface area (Å²) < 4.78 is 5.94. The molecule has 0 saturated carbocycles. The monoisotopic (exact) mass is 289 g/mol. The number of carbonyl (C=O) groups excluding carboxylic acids is 1. The molecule has 0 radical (unpaired) electrons.